The first-order valence-electron chi connectivity index (χ1n) is 8.51. The van der Waals surface area contributed by atoms with Gasteiger partial charge in [-0.25, -0.2) is 4.79 Å². The van der Waals surface area contributed by atoms with E-state index in [9.17, 15) is 9.90 Å². The number of hydrogen-bond acceptors (Lipinski definition) is 3. The Bertz CT molecular complexity index is 363. The van der Waals surface area contributed by atoms with E-state index in [1.54, 1.807) is 0 Å². The molecule has 2 unspecified atom stereocenters. The molecule has 0 aromatic heterocycles. The summed E-state index contributed by atoms with van der Waals surface area (Å²) in [6, 6.07) is 0.293. The van der Waals surface area contributed by atoms with Crippen LogP contribution in [0, 0.1) is 5.92 Å². The highest BCUT2D eigenvalue weighted by Gasteiger charge is 2.39. The maximum atomic E-state index is 12.3. The number of amides is 2. The molecule has 1 spiro atoms. The van der Waals surface area contributed by atoms with Crippen molar-refractivity contribution in [3.8, 4) is 0 Å². The molecule has 5 heteroatoms. The first kappa shape index (κ1) is 15.1. The number of likely N-dealkylation sites (tertiary alicyclic amines) is 1. The molecule has 0 bridgehead atoms. The highest BCUT2D eigenvalue weighted by atomic mass is 16.5. The van der Waals surface area contributed by atoms with E-state index in [1.165, 1.54) is 19.3 Å². The van der Waals surface area contributed by atoms with Crippen LogP contribution < -0.4 is 5.32 Å². The largest absolute Gasteiger partial charge is 0.396 e. The molecule has 120 valence electrons. The minimum atomic E-state index is 0.0348. The fourth-order valence-corrected chi connectivity index (χ4v) is 4.13. The summed E-state index contributed by atoms with van der Waals surface area (Å²) in [6.07, 6.45) is 8.93. The van der Waals surface area contributed by atoms with E-state index >= 15 is 0 Å². The third-order valence-electron chi connectivity index (χ3n) is 5.42. The zero-order valence-electron chi connectivity index (χ0n) is 12.9. The van der Waals surface area contributed by atoms with Crippen LogP contribution in [0.3, 0.4) is 0 Å². The number of carbonyl (C=O) groups is 1. The van der Waals surface area contributed by atoms with E-state index in [2.05, 4.69) is 5.32 Å². The van der Waals surface area contributed by atoms with Crippen LogP contribution in [0.5, 0.6) is 0 Å². The Balaban J connectivity index is 1.51. The predicted octanol–water partition coefficient (Wildman–Crippen LogP) is 1.89. The number of hydrogen-bond donors (Lipinski definition) is 2. The van der Waals surface area contributed by atoms with E-state index in [-0.39, 0.29) is 30.2 Å². The molecule has 3 aliphatic rings. The first-order valence-corrected chi connectivity index (χ1v) is 8.51. The molecule has 5 nitrogen and oxygen atoms in total. The van der Waals surface area contributed by atoms with E-state index in [0.717, 1.165) is 45.3 Å². The number of aliphatic hydroxyl groups excluding tert-OH is 1. The van der Waals surface area contributed by atoms with Gasteiger partial charge in [-0.3, -0.25) is 0 Å². The van der Waals surface area contributed by atoms with Crippen molar-refractivity contribution < 1.29 is 14.6 Å². The fraction of sp³-hybridized carbons (Fsp3) is 0.938. The van der Waals surface area contributed by atoms with Gasteiger partial charge >= 0.3 is 6.03 Å². The number of nitrogens with zero attached hydrogens (tertiary/aromatic N) is 1. The molecule has 2 atom stereocenters. The average Bonchev–Trinajstić information content (AvgIpc) is 2.97. The molecule has 0 aromatic carbocycles. The lowest BCUT2D eigenvalue weighted by molar-refractivity contribution is -0.108. The molecule has 0 aromatic rings. The second-order valence-electron chi connectivity index (χ2n) is 7.01. The molecular formula is C16H28N2O3. The van der Waals surface area contributed by atoms with Crippen molar-refractivity contribution in [3.05, 3.63) is 0 Å². The minimum absolute atomic E-state index is 0.0348. The maximum absolute atomic E-state index is 12.3. The van der Waals surface area contributed by atoms with Crippen molar-refractivity contribution in [2.45, 2.75) is 63.0 Å². The molecule has 2 amide bonds. The number of aliphatic hydroxyl groups is 1. The zero-order chi connectivity index (χ0) is 14.7. The molecule has 1 aliphatic carbocycles. The van der Waals surface area contributed by atoms with Gasteiger partial charge in [0.1, 0.15) is 0 Å². The number of rotatable bonds is 2. The predicted molar refractivity (Wildman–Crippen MR) is 80.1 cm³/mol. The van der Waals surface area contributed by atoms with E-state index in [0.29, 0.717) is 6.54 Å². The van der Waals surface area contributed by atoms with Gasteiger partial charge in [-0.05, 0) is 32.1 Å². The van der Waals surface area contributed by atoms with E-state index in [1.807, 2.05) is 4.90 Å². The molecule has 3 rings (SSSR count). The Kier molecular flexibility index (Phi) is 4.69. The van der Waals surface area contributed by atoms with Gasteiger partial charge in [0.15, 0.2) is 0 Å². The molecule has 2 heterocycles. The fourth-order valence-electron chi connectivity index (χ4n) is 4.13. The molecule has 21 heavy (non-hydrogen) atoms. The topological polar surface area (TPSA) is 61.8 Å². The molecule has 2 aliphatic heterocycles. The summed E-state index contributed by atoms with van der Waals surface area (Å²) in [7, 11) is 0. The summed E-state index contributed by atoms with van der Waals surface area (Å²) in [5.41, 5.74) is 0.0348. The quantitative estimate of drug-likeness (QED) is 0.818. The van der Waals surface area contributed by atoms with Crippen LogP contribution in [-0.2, 0) is 4.74 Å². The number of nitrogens with one attached hydrogen (secondary N) is 1. The number of ether oxygens (including phenoxy) is 1. The average molecular weight is 296 g/mol. The lowest BCUT2D eigenvalue weighted by Crippen LogP contribution is -2.52. The smallest absolute Gasteiger partial charge is 0.317 e. The zero-order valence-corrected chi connectivity index (χ0v) is 12.9. The van der Waals surface area contributed by atoms with Crippen LogP contribution in [-0.4, -0.2) is 54.0 Å². The van der Waals surface area contributed by atoms with Crippen molar-refractivity contribution in [1.29, 1.82) is 0 Å². The van der Waals surface area contributed by atoms with Crippen molar-refractivity contribution >= 4 is 6.03 Å². The van der Waals surface area contributed by atoms with Gasteiger partial charge in [0, 0.05) is 38.3 Å². The van der Waals surface area contributed by atoms with E-state index < -0.39 is 0 Å². The molecule has 1 saturated carbocycles. The summed E-state index contributed by atoms with van der Waals surface area (Å²) in [5, 5.41) is 12.4. The lowest BCUT2D eigenvalue weighted by Gasteiger charge is -2.43. The summed E-state index contributed by atoms with van der Waals surface area (Å²) < 4.78 is 6.08. The number of urea groups is 1. The monoisotopic (exact) mass is 296 g/mol. The van der Waals surface area contributed by atoms with E-state index in [4.69, 9.17) is 4.74 Å². The molecular weight excluding hydrogens is 268 g/mol. The lowest BCUT2D eigenvalue weighted by atomic mass is 9.78. The maximum Gasteiger partial charge on any atom is 0.317 e. The van der Waals surface area contributed by atoms with Gasteiger partial charge in [-0.2, -0.15) is 0 Å². The first-order chi connectivity index (χ1) is 10.2. The Morgan fingerprint density at radius 1 is 1.29 bits per heavy atom. The number of carbonyl (C=O) groups excluding carboxylic acids is 1. The van der Waals surface area contributed by atoms with Gasteiger partial charge in [0.2, 0.25) is 0 Å². The van der Waals surface area contributed by atoms with Crippen molar-refractivity contribution in [2.75, 3.05) is 26.3 Å². The standard InChI is InChI=1S/C16H28N2O3/c19-12-13-4-8-18(11-13)15(20)17-14-5-9-21-16(10-14)6-2-1-3-7-16/h13-14,19H,1-12H2,(H,17,20). The summed E-state index contributed by atoms with van der Waals surface area (Å²) in [4.78, 5) is 14.2. The third-order valence-corrected chi connectivity index (χ3v) is 5.42. The molecule has 3 fully saturated rings. The van der Waals surface area contributed by atoms with Gasteiger partial charge in [-0.15, -0.1) is 0 Å². The summed E-state index contributed by atoms with van der Waals surface area (Å²) in [5.74, 6) is 0.259. The molecule has 2 saturated heterocycles. The second-order valence-corrected chi connectivity index (χ2v) is 7.01. The minimum Gasteiger partial charge on any atom is -0.396 e. The van der Waals surface area contributed by atoms with Crippen molar-refractivity contribution in [2.24, 2.45) is 5.92 Å². The molecule has 0 radical (unpaired) electrons. The highest BCUT2D eigenvalue weighted by Crippen LogP contribution is 2.38. The van der Waals surface area contributed by atoms with Crippen LogP contribution >= 0.6 is 0 Å². The SMILES string of the molecule is O=C(NC1CCOC2(CCCCC2)C1)N1CCC(CO)C1. The van der Waals surface area contributed by atoms with Crippen LogP contribution in [0.2, 0.25) is 0 Å². The Hall–Kier alpha value is -0.810. The Morgan fingerprint density at radius 2 is 2.10 bits per heavy atom. The van der Waals surface area contributed by atoms with Crippen molar-refractivity contribution in [3.63, 3.8) is 0 Å². The van der Waals surface area contributed by atoms with Gasteiger partial charge in [0.25, 0.3) is 0 Å². The third kappa shape index (κ3) is 3.51. The van der Waals surface area contributed by atoms with Gasteiger partial charge in [0.05, 0.1) is 5.60 Å². The van der Waals surface area contributed by atoms with Gasteiger partial charge in [-0.1, -0.05) is 19.3 Å². The second kappa shape index (κ2) is 6.53. The summed E-state index contributed by atoms with van der Waals surface area (Å²) >= 11 is 0. The van der Waals surface area contributed by atoms with Crippen LogP contribution in [0.1, 0.15) is 51.4 Å². The van der Waals surface area contributed by atoms with Crippen molar-refractivity contribution in [1.82, 2.24) is 10.2 Å². The van der Waals surface area contributed by atoms with Crippen LogP contribution in [0.4, 0.5) is 4.79 Å². The van der Waals surface area contributed by atoms with Crippen LogP contribution in [0.15, 0.2) is 0 Å². The Morgan fingerprint density at radius 3 is 2.81 bits per heavy atom. The summed E-state index contributed by atoms with van der Waals surface area (Å²) in [6.45, 7) is 2.41. The Labute approximate surface area is 127 Å². The van der Waals surface area contributed by atoms with Gasteiger partial charge < -0.3 is 20.1 Å². The van der Waals surface area contributed by atoms with Crippen LogP contribution in [0.25, 0.3) is 0 Å². The molecule has 2 N–H and O–H groups in total. The normalized spacial score (nSPS) is 32.3. The highest BCUT2D eigenvalue weighted by molar-refractivity contribution is 5.74.